The largest absolute Gasteiger partial charge is 0.301 e. The van der Waals surface area contributed by atoms with E-state index in [4.69, 9.17) is 0 Å². The van der Waals surface area contributed by atoms with Crippen LogP contribution in [0.15, 0.2) is 53.0 Å². The van der Waals surface area contributed by atoms with Gasteiger partial charge in [-0.15, -0.1) is 21.5 Å². The standard InChI is InChI=1S/C16H14N4OS2/c1-11-4-2-3-5-12(11)13-6-7-15(20-19-13)23-10-14(21)18-16-17-8-9-22-16/h2-9H,10H2,1H3,(H,17,18,21). The molecule has 1 aromatic carbocycles. The normalized spacial score (nSPS) is 10.5. The third-order valence-corrected chi connectivity index (χ3v) is 4.70. The van der Waals surface area contributed by atoms with E-state index in [2.05, 4.69) is 20.5 Å². The molecule has 0 saturated heterocycles. The Balaban J connectivity index is 1.59. The van der Waals surface area contributed by atoms with Crippen LogP contribution in [0.2, 0.25) is 0 Å². The van der Waals surface area contributed by atoms with Crippen molar-refractivity contribution in [1.29, 1.82) is 0 Å². The van der Waals surface area contributed by atoms with Crippen LogP contribution in [0.4, 0.5) is 5.13 Å². The molecule has 116 valence electrons. The van der Waals surface area contributed by atoms with E-state index in [1.54, 1.807) is 6.20 Å². The summed E-state index contributed by atoms with van der Waals surface area (Å²) in [7, 11) is 0. The minimum Gasteiger partial charge on any atom is -0.301 e. The highest BCUT2D eigenvalue weighted by atomic mass is 32.2. The van der Waals surface area contributed by atoms with Gasteiger partial charge in [0.25, 0.3) is 0 Å². The molecule has 1 N–H and O–H groups in total. The molecule has 0 radical (unpaired) electrons. The summed E-state index contributed by atoms with van der Waals surface area (Å²) >= 11 is 2.74. The van der Waals surface area contributed by atoms with Gasteiger partial charge in [0.2, 0.25) is 5.91 Å². The molecule has 3 rings (SSSR count). The van der Waals surface area contributed by atoms with Gasteiger partial charge in [-0.05, 0) is 24.6 Å². The summed E-state index contributed by atoms with van der Waals surface area (Å²) in [5, 5.41) is 14.3. The molecule has 2 aromatic heterocycles. The Hall–Kier alpha value is -2.25. The van der Waals surface area contributed by atoms with Crippen LogP contribution in [-0.2, 0) is 4.79 Å². The van der Waals surface area contributed by atoms with Crippen molar-refractivity contribution in [1.82, 2.24) is 15.2 Å². The molecule has 0 aliphatic carbocycles. The number of carbonyl (C=O) groups is 1. The number of rotatable bonds is 5. The van der Waals surface area contributed by atoms with Gasteiger partial charge in [0, 0.05) is 17.1 Å². The summed E-state index contributed by atoms with van der Waals surface area (Å²) in [6.45, 7) is 2.04. The van der Waals surface area contributed by atoms with Gasteiger partial charge in [-0.1, -0.05) is 36.0 Å². The number of nitrogens with one attached hydrogen (secondary N) is 1. The van der Waals surface area contributed by atoms with Crippen molar-refractivity contribution in [3.05, 3.63) is 53.5 Å². The fourth-order valence-electron chi connectivity index (χ4n) is 1.98. The van der Waals surface area contributed by atoms with Gasteiger partial charge >= 0.3 is 0 Å². The highest BCUT2D eigenvalue weighted by Crippen LogP contribution is 2.22. The zero-order valence-corrected chi connectivity index (χ0v) is 14.0. The molecule has 5 nitrogen and oxygen atoms in total. The maximum absolute atomic E-state index is 11.8. The molecule has 1 amide bonds. The lowest BCUT2D eigenvalue weighted by Gasteiger charge is -2.05. The second-order valence-electron chi connectivity index (χ2n) is 4.75. The molecule has 2 heterocycles. The number of thiazole rings is 1. The number of amides is 1. The van der Waals surface area contributed by atoms with E-state index in [1.807, 2.05) is 48.7 Å². The highest BCUT2D eigenvalue weighted by molar-refractivity contribution is 7.99. The maximum atomic E-state index is 11.8. The van der Waals surface area contributed by atoms with Gasteiger partial charge < -0.3 is 5.32 Å². The van der Waals surface area contributed by atoms with E-state index < -0.39 is 0 Å². The molecular weight excluding hydrogens is 328 g/mol. The van der Waals surface area contributed by atoms with E-state index >= 15 is 0 Å². The second kappa shape index (κ2) is 7.34. The average Bonchev–Trinajstić information content (AvgIpc) is 3.07. The quantitative estimate of drug-likeness (QED) is 0.717. The van der Waals surface area contributed by atoms with Crippen molar-refractivity contribution < 1.29 is 4.79 Å². The lowest BCUT2D eigenvalue weighted by Crippen LogP contribution is -2.13. The fourth-order valence-corrected chi connectivity index (χ4v) is 3.14. The van der Waals surface area contributed by atoms with Crippen LogP contribution in [0.25, 0.3) is 11.3 Å². The molecular formula is C16H14N4OS2. The predicted octanol–water partition coefficient (Wildman–Crippen LogP) is 3.64. The van der Waals surface area contributed by atoms with Crippen LogP contribution in [0, 0.1) is 6.92 Å². The van der Waals surface area contributed by atoms with Crippen molar-refractivity contribution in [3.63, 3.8) is 0 Å². The fraction of sp³-hybridized carbons (Fsp3) is 0.125. The Labute approximate surface area is 142 Å². The van der Waals surface area contributed by atoms with Crippen molar-refractivity contribution in [3.8, 4) is 11.3 Å². The SMILES string of the molecule is Cc1ccccc1-c1ccc(SCC(=O)Nc2nccs2)nn1. The zero-order valence-electron chi connectivity index (χ0n) is 12.4. The summed E-state index contributed by atoms with van der Waals surface area (Å²) in [6, 6.07) is 11.9. The van der Waals surface area contributed by atoms with E-state index in [0.717, 1.165) is 21.8 Å². The number of thioether (sulfide) groups is 1. The topological polar surface area (TPSA) is 67.8 Å². The van der Waals surface area contributed by atoms with Gasteiger partial charge in [-0.25, -0.2) is 4.98 Å². The van der Waals surface area contributed by atoms with Crippen molar-refractivity contribution in [2.45, 2.75) is 11.9 Å². The minimum absolute atomic E-state index is 0.102. The first kappa shape index (κ1) is 15.6. The smallest absolute Gasteiger partial charge is 0.236 e. The molecule has 0 aliphatic rings. The Morgan fingerprint density at radius 1 is 1.22 bits per heavy atom. The molecule has 0 spiro atoms. The van der Waals surface area contributed by atoms with Crippen LogP contribution in [0.1, 0.15) is 5.56 Å². The zero-order chi connectivity index (χ0) is 16.1. The molecule has 23 heavy (non-hydrogen) atoms. The molecule has 0 atom stereocenters. The summed E-state index contributed by atoms with van der Waals surface area (Å²) < 4.78 is 0. The Morgan fingerprint density at radius 2 is 2.09 bits per heavy atom. The number of hydrogen-bond donors (Lipinski definition) is 1. The average molecular weight is 342 g/mol. The molecule has 0 fully saturated rings. The van der Waals surface area contributed by atoms with E-state index in [0.29, 0.717) is 5.13 Å². The minimum atomic E-state index is -0.102. The van der Waals surface area contributed by atoms with E-state index in [-0.39, 0.29) is 11.7 Å². The predicted molar refractivity (Wildman–Crippen MR) is 93.7 cm³/mol. The van der Waals surface area contributed by atoms with Crippen molar-refractivity contribution >= 4 is 34.1 Å². The molecule has 7 heteroatoms. The first-order chi connectivity index (χ1) is 11.2. The molecule has 0 aliphatic heterocycles. The number of hydrogen-bond acceptors (Lipinski definition) is 6. The first-order valence-corrected chi connectivity index (χ1v) is 8.81. The van der Waals surface area contributed by atoms with Crippen LogP contribution < -0.4 is 5.32 Å². The number of aromatic nitrogens is 3. The van der Waals surface area contributed by atoms with E-state index in [9.17, 15) is 4.79 Å². The van der Waals surface area contributed by atoms with Gasteiger partial charge in [0.1, 0.15) is 5.03 Å². The Bertz CT molecular complexity index is 788. The van der Waals surface area contributed by atoms with Crippen LogP contribution in [0.5, 0.6) is 0 Å². The highest BCUT2D eigenvalue weighted by Gasteiger charge is 2.08. The van der Waals surface area contributed by atoms with Crippen molar-refractivity contribution in [2.75, 3.05) is 11.1 Å². The summed E-state index contributed by atoms with van der Waals surface area (Å²) in [6.07, 6.45) is 1.66. The van der Waals surface area contributed by atoms with Gasteiger partial charge in [0.15, 0.2) is 5.13 Å². The molecule has 3 aromatic rings. The first-order valence-electron chi connectivity index (χ1n) is 6.94. The second-order valence-corrected chi connectivity index (χ2v) is 6.64. The molecule has 0 bridgehead atoms. The summed E-state index contributed by atoms with van der Waals surface area (Å²) in [5.41, 5.74) is 3.06. The third kappa shape index (κ3) is 4.14. The lowest BCUT2D eigenvalue weighted by atomic mass is 10.1. The number of anilines is 1. The summed E-state index contributed by atoms with van der Waals surface area (Å²) in [5.74, 6) is 0.174. The summed E-state index contributed by atoms with van der Waals surface area (Å²) in [4.78, 5) is 15.8. The van der Waals surface area contributed by atoms with Crippen molar-refractivity contribution in [2.24, 2.45) is 0 Å². The monoisotopic (exact) mass is 342 g/mol. The van der Waals surface area contributed by atoms with Crippen LogP contribution in [0.3, 0.4) is 0 Å². The van der Waals surface area contributed by atoms with Crippen LogP contribution in [-0.4, -0.2) is 26.8 Å². The number of carbonyl (C=O) groups excluding carboxylic acids is 1. The van der Waals surface area contributed by atoms with Gasteiger partial charge in [0.05, 0.1) is 11.4 Å². The third-order valence-electron chi connectivity index (χ3n) is 3.09. The maximum Gasteiger partial charge on any atom is 0.236 e. The number of nitrogens with zero attached hydrogens (tertiary/aromatic N) is 3. The number of aryl methyl sites for hydroxylation is 1. The Morgan fingerprint density at radius 3 is 2.78 bits per heavy atom. The number of benzene rings is 1. The Kier molecular flexibility index (Phi) is 4.99. The lowest BCUT2D eigenvalue weighted by molar-refractivity contribution is -0.113. The van der Waals surface area contributed by atoms with Crippen LogP contribution >= 0.6 is 23.1 Å². The van der Waals surface area contributed by atoms with Gasteiger partial charge in [-0.2, -0.15) is 0 Å². The van der Waals surface area contributed by atoms with E-state index in [1.165, 1.54) is 23.1 Å². The van der Waals surface area contributed by atoms with Gasteiger partial charge in [-0.3, -0.25) is 4.79 Å². The molecule has 0 unspecified atom stereocenters. The molecule has 0 saturated carbocycles.